The number of aromatic nitrogens is 1. The molecule has 0 bridgehead atoms. The summed E-state index contributed by atoms with van der Waals surface area (Å²) in [5, 5.41) is 5.64. The molecule has 106 valence electrons. The standard InChI is InChI=1S/C12H20N4O2S/c1-6(2)5-8(10(17)14-4)16-11(18)9-7(3)15-12(13)19-9/h6,8H,5H2,1-4H3,(H2,13,15)(H,14,17)(H,16,18). The number of rotatable bonds is 5. The fourth-order valence-corrected chi connectivity index (χ4v) is 2.47. The minimum Gasteiger partial charge on any atom is -0.375 e. The average molecular weight is 284 g/mol. The van der Waals surface area contributed by atoms with Crippen LogP contribution in [-0.2, 0) is 4.79 Å². The van der Waals surface area contributed by atoms with Crippen molar-refractivity contribution in [1.29, 1.82) is 0 Å². The number of amides is 2. The van der Waals surface area contributed by atoms with Gasteiger partial charge in [-0.25, -0.2) is 4.98 Å². The van der Waals surface area contributed by atoms with Gasteiger partial charge in [-0.1, -0.05) is 25.2 Å². The first-order valence-electron chi connectivity index (χ1n) is 6.10. The van der Waals surface area contributed by atoms with E-state index in [2.05, 4.69) is 15.6 Å². The predicted octanol–water partition coefficient (Wildman–Crippen LogP) is 0.924. The van der Waals surface area contributed by atoms with Gasteiger partial charge in [0.15, 0.2) is 5.13 Å². The lowest BCUT2D eigenvalue weighted by molar-refractivity contribution is -0.122. The van der Waals surface area contributed by atoms with Crippen molar-refractivity contribution >= 4 is 28.3 Å². The Morgan fingerprint density at radius 1 is 1.42 bits per heavy atom. The van der Waals surface area contributed by atoms with Crippen LogP contribution in [0.15, 0.2) is 0 Å². The van der Waals surface area contributed by atoms with E-state index in [1.54, 1.807) is 14.0 Å². The van der Waals surface area contributed by atoms with E-state index in [4.69, 9.17) is 5.73 Å². The highest BCUT2D eigenvalue weighted by molar-refractivity contribution is 7.17. The monoisotopic (exact) mass is 284 g/mol. The number of nitrogens with two attached hydrogens (primary N) is 1. The molecular weight excluding hydrogens is 264 g/mol. The van der Waals surface area contributed by atoms with Crippen LogP contribution in [0.25, 0.3) is 0 Å². The minimum absolute atomic E-state index is 0.197. The summed E-state index contributed by atoms with van der Waals surface area (Å²) in [6, 6.07) is -0.541. The molecule has 1 atom stereocenters. The van der Waals surface area contributed by atoms with Crippen molar-refractivity contribution in [3.63, 3.8) is 0 Å². The van der Waals surface area contributed by atoms with Crippen LogP contribution in [0.4, 0.5) is 5.13 Å². The molecule has 6 nitrogen and oxygen atoms in total. The normalized spacial score (nSPS) is 12.3. The average Bonchev–Trinajstić information content (AvgIpc) is 2.66. The number of aryl methyl sites for hydroxylation is 1. The van der Waals surface area contributed by atoms with Crippen molar-refractivity contribution in [3.8, 4) is 0 Å². The molecule has 4 N–H and O–H groups in total. The van der Waals surface area contributed by atoms with Crippen LogP contribution in [0.5, 0.6) is 0 Å². The summed E-state index contributed by atoms with van der Waals surface area (Å²) in [6.07, 6.45) is 0.582. The third-order valence-electron chi connectivity index (χ3n) is 2.59. The zero-order valence-corrected chi connectivity index (χ0v) is 12.4. The highest BCUT2D eigenvalue weighted by atomic mass is 32.1. The molecule has 1 unspecified atom stereocenters. The van der Waals surface area contributed by atoms with Crippen molar-refractivity contribution in [2.45, 2.75) is 33.2 Å². The van der Waals surface area contributed by atoms with Crippen LogP contribution in [0.2, 0.25) is 0 Å². The summed E-state index contributed by atoms with van der Waals surface area (Å²) in [5.41, 5.74) is 6.15. The fraction of sp³-hybridized carbons (Fsp3) is 0.583. The van der Waals surface area contributed by atoms with Crippen LogP contribution in [0, 0.1) is 12.8 Å². The van der Waals surface area contributed by atoms with E-state index in [1.807, 2.05) is 13.8 Å². The molecule has 7 heteroatoms. The van der Waals surface area contributed by atoms with Crippen LogP contribution in [0.1, 0.15) is 35.6 Å². The Bertz CT molecular complexity index is 470. The van der Waals surface area contributed by atoms with Gasteiger partial charge in [0.05, 0.1) is 5.69 Å². The molecular formula is C12H20N4O2S. The molecule has 0 aliphatic heterocycles. The van der Waals surface area contributed by atoms with Gasteiger partial charge >= 0.3 is 0 Å². The van der Waals surface area contributed by atoms with Gasteiger partial charge in [-0.2, -0.15) is 0 Å². The number of hydrogen-bond acceptors (Lipinski definition) is 5. The van der Waals surface area contributed by atoms with Gasteiger partial charge in [-0.05, 0) is 19.3 Å². The number of carbonyl (C=O) groups excluding carboxylic acids is 2. The number of nitrogen functional groups attached to an aromatic ring is 1. The van der Waals surface area contributed by atoms with Crippen molar-refractivity contribution < 1.29 is 9.59 Å². The number of thiazole rings is 1. The molecule has 1 aromatic heterocycles. The molecule has 0 radical (unpaired) electrons. The molecule has 1 rings (SSSR count). The second kappa shape index (κ2) is 6.51. The molecule has 1 aromatic rings. The Labute approximate surface area is 116 Å². The third-order valence-corrected chi connectivity index (χ3v) is 3.58. The second-order valence-corrected chi connectivity index (χ2v) is 5.77. The second-order valence-electron chi connectivity index (χ2n) is 4.74. The summed E-state index contributed by atoms with van der Waals surface area (Å²) in [4.78, 5) is 28.3. The van der Waals surface area contributed by atoms with Gasteiger partial charge in [0.2, 0.25) is 5.91 Å². The van der Waals surface area contributed by atoms with Crippen LogP contribution < -0.4 is 16.4 Å². The van der Waals surface area contributed by atoms with E-state index < -0.39 is 6.04 Å². The van der Waals surface area contributed by atoms with Gasteiger partial charge in [-0.3, -0.25) is 9.59 Å². The molecule has 0 aliphatic carbocycles. The van der Waals surface area contributed by atoms with E-state index in [0.29, 0.717) is 28.0 Å². The Hall–Kier alpha value is -1.63. The summed E-state index contributed by atoms with van der Waals surface area (Å²) >= 11 is 1.13. The Morgan fingerprint density at radius 2 is 2.05 bits per heavy atom. The maximum Gasteiger partial charge on any atom is 0.264 e. The predicted molar refractivity (Wildman–Crippen MR) is 76.0 cm³/mol. The first-order valence-corrected chi connectivity index (χ1v) is 6.92. The fourth-order valence-electron chi connectivity index (χ4n) is 1.73. The number of carbonyl (C=O) groups is 2. The zero-order valence-electron chi connectivity index (χ0n) is 11.6. The summed E-state index contributed by atoms with van der Waals surface area (Å²) < 4.78 is 0. The van der Waals surface area contributed by atoms with Crippen molar-refractivity contribution in [3.05, 3.63) is 10.6 Å². The van der Waals surface area contributed by atoms with Crippen LogP contribution in [-0.4, -0.2) is 29.9 Å². The van der Waals surface area contributed by atoms with Crippen molar-refractivity contribution in [2.24, 2.45) is 5.92 Å². The number of likely N-dealkylation sites (N-methyl/N-ethyl adjacent to an activating group) is 1. The van der Waals surface area contributed by atoms with Gasteiger partial charge in [0.25, 0.3) is 5.91 Å². The molecule has 0 aliphatic rings. The lowest BCUT2D eigenvalue weighted by atomic mass is 10.0. The van der Waals surface area contributed by atoms with Crippen LogP contribution >= 0.6 is 11.3 Å². The maximum absolute atomic E-state index is 12.1. The molecule has 0 spiro atoms. The Morgan fingerprint density at radius 3 is 2.47 bits per heavy atom. The Kier molecular flexibility index (Phi) is 5.29. The smallest absolute Gasteiger partial charge is 0.264 e. The van der Waals surface area contributed by atoms with Gasteiger partial charge in [0, 0.05) is 7.05 Å². The minimum atomic E-state index is -0.541. The van der Waals surface area contributed by atoms with Gasteiger partial charge in [-0.15, -0.1) is 0 Å². The van der Waals surface area contributed by atoms with Crippen molar-refractivity contribution in [2.75, 3.05) is 12.8 Å². The molecule has 0 fully saturated rings. The highest BCUT2D eigenvalue weighted by Crippen LogP contribution is 2.19. The zero-order chi connectivity index (χ0) is 14.6. The summed E-state index contributed by atoms with van der Waals surface area (Å²) in [6.45, 7) is 5.72. The molecule has 0 saturated heterocycles. The van der Waals surface area contributed by atoms with Gasteiger partial charge in [0.1, 0.15) is 10.9 Å². The lowest BCUT2D eigenvalue weighted by Crippen LogP contribution is -2.46. The Balaban J connectivity index is 2.81. The van der Waals surface area contributed by atoms with Crippen molar-refractivity contribution in [1.82, 2.24) is 15.6 Å². The molecule has 0 aromatic carbocycles. The van der Waals surface area contributed by atoms with E-state index in [1.165, 1.54) is 0 Å². The SMILES string of the molecule is CNC(=O)C(CC(C)C)NC(=O)c1sc(N)nc1C. The van der Waals surface area contributed by atoms with E-state index in [9.17, 15) is 9.59 Å². The number of nitrogens with one attached hydrogen (secondary N) is 2. The van der Waals surface area contributed by atoms with E-state index in [0.717, 1.165) is 11.3 Å². The quantitative estimate of drug-likeness (QED) is 0.749. The highest BCUT2D eigenvalue weighted by Gasteiger charge is 2.23. The molecule has 19 heavy (non-hydrogen) atoms. The number of anilines is 1. The van der Waals surface area contributed by atoms with Crippen LogP contribution in [0.3, 0.4) is 0 Å². The third kappa shape index (κ3) is 4.20. The maximum atomic E-state index is 12.1. The molecule has 1 heterocycles. The van der Waals surface area contributed by atoms with E-state index in [-0.39, 0.29) is 11.8 Å². The molecule has 2 amide bonds. The summed E-state index contributed by atoms with van der Waals surface area (Å²) in [5.74, 6) is -0.201. The lowest BCUT2D eigenvalue weighted by Gasteiger charge is -2.18. The first-order chi connectivity index (χ1) is 8.85. The largest absolute Gasteiger partial charge is 0.375 e. The topological polar surface area (TPSA) is 97.1 Å². The van der Waals surface area contributed by atoms with E-state index >= 15 is 0 Å². The first kappa shape index (κ1) is 15.4. The van der Waals surface area contributed by atoms with Gasteiger partial charge < -0.3 is 16.4 Å². The number of hydrogen-bond donors (Lipinski definition) is 3. The number of nitrogens with zero attached hydrogens (tertiary/aromatic N) is 1. The summed E-state index contributed by atoms with van der Waals surface area (Å²) in [7, 11) is 1.55. The molecule has 0 saturated carbocycles.